The number of nitrogen functional groups attached to an aromatic ring is 1. The summed E-state index contributed by atoms with van der Waals surface area (Å²) in [5, 5.41) is 11.3. The van der Waals surface area contributed by atoms with Crippen LogP contribution >= 0.6 is 0 Å². The Morgan fingerprint density at radius 3 is 2.88 bits per heavy atom. The van der Waals surface area contributed by atoms with E-state index in [-0.39, 0.29) is 12.4 Å². The largest absolute Gasteiger partial charge is 0.482 e. The monoisotopic (exact) mass is 237 g/mol. The number of nitrogens with two attached hydrogens (primary N) is 1. The molecule has 6 nitrogen and oxygen atoms in total. The number of benzene rings is 1. The van der Waals surface area contributed by atoms with Gasteiger partial charge in [-0.15, -0.1) is 10.2 Å². The highest BCUT2D eigenvalue weighted by Gasteiger charge is 2.08. The zero-order valence-electron chi connectivity index (χ0n) is 9.51. The number of aromatic nitrogens is 4. The number of rotatable bonds is 3. The van der Waals surface area contributed by atoms with Crippen LogP contribution in [0.5, 0.6) is 5.75 Å². The molecule has 1 heterocycles. The normalized spacial score (nSPS) is 10.5. The van der Waals surface area contributed by atoms with Crippen molar-refractivity contribution in [3.63, 3.8) is 0 Å². The van der Waals surface area contributed by atoms with Crippen LogP contribution in [0.3, 0.4) is 0 Å². The average Bonchev–Trinajstić information content (AvgIpc) is 2.68. The molecule has 0 saturated carbocycles. The molecular weight excluding hydrogens is 225 g/mol. The van der Waals surface area contributed by atoms with E-state index in [0.717, 1.165) is 5.56 Å². The molecule has 2 aromatic rings. The van der Waals surface area contributed by atoms with Crippen molar-refractivity contribution in [3.8, 4) is 5.75 Å². The summed E-state index contributed by atoms with van der Waals surface area (Å²) in [6.07, 6.45) is 0. The van der Waals surface area contributed by atoms with Crippen LogP contribution in [0, 0.1) is 12.7 Å². The van der Waals surface area contributed by atoms with Gasteiger partial charge in [-0.1, -0.05) is 0 Å². The molecule has 0 fully saturated rings. The predicted octanol–water partition coefficient (Wildman–Crippen LogP) is 0.819. The van der Waals surface area contributed by atoms with E-state index in [9.17, 15) is 4.39 Å². The summed E-state index contributed by atoms with van der Waals surface area (Å²) in [4.78, 5) is 1.31. The lowest BCUT2D eigenvalue weighted by Gasteiger charge is -2.07. The SMILES string of the molecule is Cc1cc(OCc2nnn(C)n2)c(F)cc1N. The molecule has 0 atom stereocenters. The van der Waals surface area contributed by atoms with Crippen LogP contribution in [-0.2, 0) is 13.7 Å². The number of nitrogens with zero attached hydrogens (tertiary/aromatic N) is 4. The number of halogens is 1. The van der Waals surface area contributed by atoms with Gasteiger partial charge >= 0.3 is 0 Å². The zero-order valence-corrected chi connectivity index (χ0v) is 9.51. The predicted molar refractivity (Wildman–Crippen MR) is 58.7 cm³/mol. The molecule has 7 heteroatoms. The zero-order chi connectivity index (χ0) is 12.4. The molecular formula is C10H12FN5O. The Morgan fingerprint density at radius 2 is 2.24 bits per heavy atom. The molecule has 0 radical (unpaired) electrons. The van der Waals surface area contributed by atoms with E-state index >= 15 is 0 Å². The van der Waals surface area contributed by atoms with Crippen LogP contribution in [-0.4, -0.2) is 20.2 Å². The number of hydrogen-bond donors (Lipinski definition) is 1. The lowest BCUT2D eigenvalue weighted by Crippen LogP contribution is -2.02. The topological polar surface area (TPSA) is 78.9 Å². The van der Waals surface area contributed by atoms with E-state index in [0.29, 0.717) is 11.5 Å². The van der Waals surface area contributed by atoms with E-state index in [1.165, 1.54) is 10.9 Å². The third-order valence-electron chi connectivity index (χ3n) is 2.23. The van der Waals surface area contributed by atoms with Crippen LogP contribution in [0.1, 0.15) is 11.4 Å². The van der Waals surface area contributed by atoms with Crippen LogP contribution in [0.2, 0.25) is 0 Å². The van der Waals surface area contributed by atoms with Gasteiger partial charge in [0.15, 0.2) is 18.2 Å². The standard InChI is InChI=1S/C10H12FN5O/c1-6-3-9(7(11)4-8(6)12)17-5-10-13-15-16(2)14-10/h3-4H,5,12H2,1-2H3. The second kappa shape index (κ2) is 4.36. The molecule has 1 aromatic heterocycles. The summed E-state index contributed by atoms with van der Waals surface area (Å²) >= 11 is 0. The van der Waals surface area contributed by atoms with Crippen molar-refractivity contribution in [1.82, 2.24) is 20.2 Å². The van der Waals surface area contributed by atoms with Crippen LogP contribution in [0.25, 0.3) is 0 Å². The van der Waals surface area contributed by atoms with Crippen molar-refractivity contribution in [2.24, 2.45) is 7.05 Å². The fourth-order valence-corrected chi connectivity index (χ4v) is 1.30. The first-order valence-corrected chi connectivity index (χ1v) is 4.97. The average molecular weight is 237 g/mol. The molecule has 0 aliphatic rings. The molecule has 90 valence electrons. The van der Waals surface area contributed by atoms with Gasteiger partial charge in [0.25, 0.3) is 0 Å². The van der Waals surface area contributed by atoms with Gasteiger partial charge in [-0.05, 0) is 23.8 Å². The molecule has 2 rings (SSSR count). The summed E-state index contributed by atoms with van der Waals surface area (Å²) in [6, 6.07) is 2.77. The maximum Gasteiger partial charge on any atom is 0.212 e. The minimum atomic E-state index is -0.503. The third-order valence-corrected chi connectivity index (χ3v) is 2.23. The first-order chi connectivity index (χ1) is 8.06. The molecule has 17 heavy (non-hydrogen) atoms. The Kier molecular flexibility index (Phi) is 2.90. The number of tetrazole rings is 1. The highest BCUT2D eigenvalue weighted by molar-refractivity contribution is 5.50. The second-order valence-electron chi connectivity index (χ2n) is 3.62. The van der Waals surface area contributed by atoms with Crippen LogP contribution in [0.4, 0.5) is 10.1 Å². The van der Waals surface area contributed by atoms with Gasteiger partial charge in [0, 0.05) is 11.8 Å². The van der Waals surface area contributed by atoms with Gasteiger partial charge in [0.05, 0.1) is 7.05 Å². The molecule has 0 aliphatic carbocycles. The van der Waals surface area contributed by atoms with Gasteiger partial charge in [-0.3, -0.25) is 0 Å². The van der Waals surface area contributed by atoms with Gasteiger partial charge in [0.2, 0.25) is 5.82 Å². The Morgan fingerprint density at radius 1 is 1.47 bits per heavy atom. The quantitative estimate of drug-likeness (QED) is 0.799. The first kappa shape index (κ1) is 11.3. The van der Waals surface area contributed by atoms with Gasteiger partial charge < -0.3 is 10.5 Å². The molecule has 0 unspecified atom stereocenters. The maximum atomic E-state index is 13.5. The van der Waals surface area contributed by atoms with E-state index in [2.05, 4.69) is 15.4 Å². The Hall–Kier alpha value is -2.18. The Bertz CT molecular complexity index is 539. The number of anilines is 1. The lowest BCUT2D eigenvalue weighted by molar-refractivity contribution is 0.280. The van der Waals surface area contributed by atoms with Crippen LogP contribution < -0.4 is 10.5 Å². The molecule has 1 aromatic carbocycles. The molecule has 2 N–H and O–H groups in total. The fraction of sp³-hybridized carbons (Fsp3) is 0.300. The Balaban J connectivity index is 2.11. The molecule has 0 amide bonds. The minimum absolute atomic E-state index is 0.0636. The second-order valence-corrected chi connectivity index (χ2v) is 3.62. The minimum Gasteiger partial charge on any atom is -0.482 e. The van der Waals surface area contributed by atoms with Crippen LogP contribution in [0.15, 0.2) is 12.1 Å². The summed E-state index contributed by atoms with van der Waals surface area (Å²) in [6.45, 7) is 1.84. The number of ether oxygens (including phenoxy) is 1. The van der Waals surface area contributed by atoms with Crippen molar-refractivity contribution in [1.29, 1.82) is 0 Å². The molecule has 0 bridgehead atoms. The van der Waals surface area contributed by atoms with E-state index in [4.69, 9.17) is 10.5 Å². The highest BCUT2D eigenvalue weighted by Crippen LogP contribution is 2.23. The summed E-state index contributed by atoms with van der Waals surface area (Å²) in [5.74, 6) is 0.0162. The Labute approximate surface area is 97.2 Å². The molecule has 0 saturated heterocycles. The lowest BCUT2D eigenvalue weighted by atomic mass is 10.2. The molecule has 0 spiro atoms. The van der Waals surface area contributed by atoms with Crippen molar-refractivity contribution >= 4 is 5.69 Å². The van der Waals surface area contributed by atoms with E-state index < -0.39 is 5.82 Å². The smallest absolute Gasteiger partial charge is 0.212 e. The summed E-state index contributed by atoms with van der Waals surface area (Å²) < 4.78 is 18.7. The number of hydrogen-bond acceptors (Lipinski definition) is 5. The van der Waals surface area contributed by atoms with Gasteiger partial charge in [-0.25, -0.2) is 4.39 Å². The van der Waals surface area contributed by atoms with E-state index in [1.54, 1.807) is 20.0 Å². The summed E-state index contributed by atoms with van der Waals surface area (Å²) in [7, 11) is 1.64. The summed E-state index contributed by atoms with van der Waals surface area (Å²) in [5.41, 5.74) is 6.72. The first-order valence-electron chi connectivity index (χ1n) is 4.97. The third kappa shape index (κ3) is 2.49. The molecule has 0 aliphatic heterocycles. The number of aryl methyl sites for hydroxylation is 2. The highest BCUT2D eigenvalue weighted by atomic mass is 19.1. The van der Waals surface area contributed by atoms with Gasteiger partial charge in [-0.2, -0.15) is 4.80 Å². The van der Waals surface area contributed by atoms with Gasteiger partial charge in [0.1, 0.15) is 0 Å². The van der Waals surface area contributed by atoms with E-state index in [1.807, 2.05) is 0 Å². The van der Waals surface area contributed by atoms with Crippen molar-refractivity contribution in [3.05, 3.63) is 29.3 Å². The van der Waals surface area contributed by atoms with Crippen molar-refractivity contribution < 1.29 is 9.13 Å². The fourth-order valence-electron chi connectivity index (χ4n) is 1.30. The van der Waals surface area contributed by atoms with Crippen molar-refractivity contribution in [2.75, 3.05) is 5.73 Å². The maximum absolute atomic E-state index is 13.5. The van der Waals surface area contributed by atoms with Crippen molar-refractivity contribution in [2.45, 2.75) is 13.5 Å².